The molecule has 0 aromatic heterocycles. The number of hydrogen-bond acceptors (Lipinski definition) is 8. The van der Waals surface area contributed by atoms with Crippen molar-refractivity contribution in [3.63, 3.8) is 0 Å². The molecule has 11 nitrogen and oxygen atoms in total. The number of allylic oxidation sites excluding steroid dienone is 1. The average molecular weight is 666 g/mol. The second kappa shape index (κ2) is 13.8. The Bertz CT molecular complexity index is 1440. The standard InChI is InChI=1S/C37H51N3O8/c1-23(20-41)40-31-33(44)39(36(5,6)22-35(2,3)4)19-13-18-37(31)29(32(40)43)28-26(48-37)16-11-12-17-27(42)38-25(21-46-7)30(47-34(28)45)24-14-9-8-10-15-24/h8-11,13-16,18,23,25-26,28-31,41H,12,17,19-22H2,1-7H3,(H,38,42)/b16-11-/t23-,25+,26+,28-,29-,30+,31+,37-/m1/s1. The number of cyclic esters (lactones) is 1. The third-order valence-corrected chi connectivity index (χ3v) is 9.93. The molecule has 2 N–H and O–H groups in total. The number of carbonyl (C=O) groups excluding carboxylic acids is 4. The largest absolute Gasteiger partial charge is 0.455 e. The molecule has 8 atom stereocenters. The molecule has 3 amide bonds. The third kappa shape index (κ3) is 6.69. The number of benzene rings is 1. The van der Waals surface area contributed by atoms with Crippen molar-refractivity contribution >= 4 is 23.7 Å². The summed E-state index contributed by atoms with van der Waals surface area (Å²) in [6.45, 7) is 12.1. The summed E-state index contributed by atoms with van der Waals surface area (Å²) in [7, 11) is 1.51. The monoisotopic (exact) mass is 665 g/mol. The van der Waals surface area contributed by atoms with Crippen LogP contribution in [0.1, 0.15) is 72.5 Å². The second-order valence-electron chi connectivity index (χ2n) is 15.4. The molecule has 4 aliphatic heterocycles. The van der Waals surface area contributed by atoms with E-state index in [2.05, 4.69) is 26.1 Å². The van der Waals surface area contributed by atoms with Crippen LogP contribution >= 0.6 is 0 Å². The lowest BCUT2D eigenvalue weighted by Crippen LogP contribution is -2.61. The number of nitrogens with one attached hydrogen (secondary N) is 1. The van der Waals surface area contributed by atoms with Crippen LogP contribution in [0.4, 0.5) is 0 Å². The molecule has 0 unspecified atom stereocenters. The van der Waals surface area contributed by atoms with E-state index in [-0.39, 0.29) is 36.9 Å². The van der Waals surface area contributed by atoms with Crippen LogP contribution in [0.2, 0.25) is 0 Å². The first-order valence-corrected chi connectivity index (χ1v) is 17.0. The number of nitrogens with zero attached hydrogens (tertiary/aromatic N) is 2. The van der Waals surface area contributed by atoms with E-state index >= 15 is 0 Å². The van der Waals surface area contributed by atoms with Gasteiger partial charge in [-0.2, -0.15) is 0 Å². The maximum Gasteiger partial charge on any atom is 0.313 e. The van der Waals surface area contributed by atoms with Gasteiger partial charge in [-0.05, 0) is 44.6 Å². The number of likely N-dealkylation sites (tertiary alicyclic amines) is 1. The molecule has 4 heterocycles. The molecule has 11 heteroatoms. The number of aliphatic hydroxyl groups excluding tert-OH is 1. The highest BCUT2D eigenvalue weighted by atomic mass is 16.6. The first-order valence-electron chi connectivity index (χ1n) is 17.0. The number of hydrogen-bond donors (Lipinski definition) is 2. The van der Waals surface area contributed by atoms with E-state index in [1.54, 1.807) is 30.1 Å². The number of rotatable bonds is 7. The van der Waals surface area contributed by atoms with Crippen LogP contribution in [0.5, 0.6) is 0 Å². The van der Waals surface area contributed by atoms with Crippen molar-refractivity contribution in [3.05, 3.63) is 60.2 Å². The minimum atomic E-state index is -1.49. The van der Waals surface area contributed by atoms with Gasteiger partial charge < -0.3 is 34.4 Å². The van der Waals surface area contributed by atoms with Crippen molar-refractivity contribution < 1.29 is 38.5 Å². The highest BCUT2D eigenvalue weighted by Crippen LogP contribution is 2.54. The summed E-state index contributed by atoms with van der Waals surface area (Å²) in [5.74, 6) is -3.85. The Morgan fingerprint density at radius 1 is 1.06 bits per heavy atom. The molecule has 0 bridgehead atoms. The third-order valence-electron chi connectivity index (χ3n) is 9.93. The van der Waals surface area contributed by atoms with Gasteiger partial charge in [0.05, 0.1) is 37.3 Å². The molecule has 0 saturated carbocycles. The van der Waals surface area contributed by atoms with Gasteiger partial charge in [-0.1, -0.05) is 75.4 Å². The van der Waals surface area contributed by atoms with Crippen molar-refractivity contribution in [1.82, 2.24) is 15.1 Å². The van der Waals surface area contributed by atoms with E-state index in [1.807, 2.05) is 50.3 Å². The number of amides is 3. The Balaban J connectivity index is 1.62. The van der Waals surface area contributed by atoms with Gasteiger partial charge in [0.25, 0.3) is 0 Å². The molecule has 4 aliphatic rings. The molecule has 0 radical (unpaired) electrons. The molecule has 1 aromatic carbocycles. The Labute approximate surface area is 283 Å². The van der Waals surface area contributed by atoms with Gasteiger partial charge in [0.1, 0.15) is 23.7 Å². The summed E-state index contributed by atoms with van der Waals surface area (Å²) in [5.41, 5.74) is -1.51. The van der Waals surface area contributed by atoms with Crippen LogP contribution in [0, 0.1) is 17.3 Å². The number of fused-ring (bicyclic) bond motifs is 2. The molecule has 5 rings (SSSR count). The molecule has 0 aliphatic carbocycles. The Morgan fingerprint density at radius 2 is 1.77 bits per heavy atom. The quantitative estimate of drug-likeness (QED) is 0.335. The lowest BCUT2D eigenvalue weighted by molar-refractivity contribution is -0.163. The van der Waals surface area contributed by atoms with Gasteiger partial charge in [-0.15, -0.1) is 0 Å². The zero-order valence-corrected chi connectivity index (χ0v) is 29.2. The minimum absolute atomic E-state index is 0.0760. The molecule has 262 valence electrons. The molecular weight excluding hydrogens is 614 g/mol. The average Bonchev–Trinajstić information content (AvgIpc) is 3.40. The lowest BCUT2D eigenvalue weighted by Gasteiger charge is -2.45. The molecule has 1 spiro atoms. The van der Waals surface area contributed by atoms with E-state index in [9.17, 15) is 24.3 Å². The van der Waals surface area contributed by atoms with Crippen LogP contribution in [-0.4, -0.2) is 101 Å². The van der Waals surface area contributed by atoms with Gasteiger partial charge in [0.15, 0.2) is 0 Å². The Kier molecular flexibility index (Phi) is 10.3. The number of carbonyl (C=O) groups is 4. The second-order valence-corrected chi connectivity index (χ2v) is 15.4. The summed E-state index contributed by atoms with van der Waals surface area (Å²) in [4.78, 5) is 60.2. The Morgan fingerprint density at radius 3 is 2.42 bits per heavy atom. The van der Waals surface area contributed by atoms with Gasteiger partial charge in [0.2, 0.25) is 17.7 Å². The molecular formula is C37H51N3O8. The van der Waals surface area contributed by atoms with Crippen LogP contribution < -0.4 is 5.32 Å². The number of aliphatic hydroxyl groups is 1. The predicted octanol–water partition coefficient (Wildman–Crippen LogP) is 3.33. The number of esters is 1. The molecule has 2 fully saturated rings. The summed E-state index contributed by atoms with van der Waals surface area (Å²) in [6.07, 6.45) is 6.55. The summed E-state index contributed by atoms with van der Waals surface area (Å²) < 4.78 is 18.6. The zero-order chi connectivity index (χ0) is 35.0. The van der Waals surface area contributed by atoms with Crippen molar-refractivity contribution in [2.75, 3.05) is 26.9 Å². The zero-order valence-electron chi connectivity index (χ0n) is 29.2. The first-order chi connectivity index (χ1) is 22.6. The van der Waals surface area contributed by atoms with Crippen LogP contribution in [-0.2, 0) is 33.4 Å². The van der Waals surface area contributed by atoms with Crippen molar-refractivity contribution in [2.24, 2.45) is 17.3 Å². The fourth-order valence-electron chi connectivity index (χ4n) is 8.33. The van der Waals surface area contributed by atoms with Crippen LogP contribution in [0.25, 0.3) is 0 Å². The van der Waals surface area contributed by atoms with Crippen molar-refractivity contribution in [1.29, 1.82) is 0 Å². The first kappa shape index (κ1) is 35.8. The topological polar surface area (TPSA) is 135 Å². The fourth-order valence-corrected chi connectivity index (χ4v) is 8.33. The highest BCUT2D eigenvalue weighted by Gasteiger charge is 2.72. The van der Waals surface area contributed by atoms with Gasteiger partial charge in [-0.3, -0.25) is 19.2 Å². The number of methoxy groups -OCH3 is 1. The SMILES string of the molecule is COC[C@@H]1NC(=O)CC/C=C\[C@@H]2O[C@@]34C=CCN(C(C)(C)CC(C)(C)C)C(=O)[C@@H]3N([C@H](C)CO)C(=O)[C@H]4[C@@H]2C(=O)O[C@H]1c1ccccc1. The van der Waals surface area contributed by atoms with E-state index in [0.29, 0.717) is 24.9 Å². The van der Waals surface area contributed by atoms with E-state index in [1.165, 1.54) is 12.0 Å². The van der Waals surface area contributed by atoms with E-state index < -0.39 is 65.2 Å². The molecule has 48 heavy (non-hydrogen) atoms. The maximum absolute atomic E-state index is 14.8. The summed E-state index contributed by atoms with van der Waals surface area (Å²) in [6, 6.07) is 6.56. The van der Waals surface area contributed by atoms with Crippen molar-refractivity contribution in [3.8, 4) is 0 Å². The van der Waals surface area contributed by atoms with Crippen LogP contribution in [0.15, 0.2) is 54.6 Å². The van der Waals surface area contributed by atoms with E-state index in [0.717, 1.165) is 0 Å². The minimum Gasteiger partial charge on any atom is -0.455 e. The molecule has 1 aromatic rings. The van der Waals surface area contributed by atoms with Gasteiger partial charge in [-0.25, -0.2) is 0 Å². The van der Waals surface area contributed by atoms with Crippen LogP contribution in [0.3, 0.4) is 0 Å². The molecule has 2 saturated heterocycles. The highest BCUT2D eigenvalue weighted by molar-refractivity contribution is 5.99. The van der Waals surface area contributed by atoms with Crippen molar-refractivity contribution in [2.45, 2.75) is 102 Å². The number of ether oxygens (including phenoxy) is 3. The van der Waals surface area contributed by atoms with Gasteiger partial charge >= 0.3 is 5.97 Å². The lowest BCUT2D eigenvalue weighted by atomic mass is 9.77. The summed E-state index contributed by atoms with van der Waals surface area (Å²) >= 11 is 0. The smallest absolute Gasteiger partial charge is 0.313 e. The van der Waals surface area contributed by atoms with Gasteiger partial charge in [0, 0.05) is 25.6 Å². The Hall–Kier alpha value is -3.54. The summed E-state index contributed by atoms with van der Waals surface area (Å²) in [5, 5.41) is 13.3. The predicted molar refractivity (Wildman–Crippen MR) is 178 cm³/mol. The fraction of sp³-hybridized carbons (Fsp3) is 0.622. The maximum atomic E-state index is 14.8. The van der Waals surface area contributed by atoms with E-state index in [4.69, 9.17) is 14.2 Å². The normalized spacial score (nSPS) is 32.7.